The molecule has 15 heavy (non-hydrogen) atoms. The molecule has 0 fully saturated rings. The fourth-order valence-electron chi connectivity index (χ4n) is 1.03. The molecule has 1 aromatic rings. The maximum absolute atomic E-state index is 13.2. The van der Waals surface area contributed by atoms with E-state index in [1.165, 1.54) is 6.07 Å². The molecule has 1 rings (SSSR count). The van der Waals surface area contributed by atoms with E-state index in [1.807, 2.05) is 0 Å². The summed E-state index contributed by atoms with van der Waals surface area (Å²) in [5.74, 6) is 0.809. The zero-order chi connectivity index (χ0) is 11.5. The van der Waals surface area contributed by atoms with E-state index in [0.717, 1.165) is 6.07 Å². The molecular formula is C10H7F4N. The second kappa shape index (κ2) is 4.22. The molecule has 0 unspecified atom stereocenters. The lowest BCUT2D eigenvalue weighted by molar-refractivity contribution is -0.139. The molecule has 0 saturated carbocycles. The number of halogens is 4. The topological polar surface area (TPSA) is 12.0 Å². The molecule has 5 heteroatoms. The van der Waals surface area contributed by atoms with Gasteiger partial charge in [-0.15, -0.1) is 6.42 Å². The van der Waals surface area contributed by atoms with E-state index >= 15 is 0 Å². The second-order valence-corrected chi connectivity index (χ2v) is 2.72. The molecule has 80 valence electrons. The van der Waals surface area contributed by atoms with Crippen molar-refractivity contribution in [2.24, 2.45) is 0 Å². The van der Waals surface area contributed by atoms with Crippen LogP contribution in [-0.2, 0) is 6.18 Å². The summed E-state index contributed by atoms with van der Waals surface area (Å²) in [7, 11) is 0. The highest BCUT2D eigenvalue weighted by Gasteiger charge is 2.34. The smallest absolute Gasteiger partial charge is 0.372 e. The van der Waals surface area contributed by atoms with Gasteiger partial charge in [-0.2, -0.15) is 13.2 Å². The van der Waals surface area contributed by atoms with Crippen molar-refractivity contribution in [3.63, 3.8) is 0 Å². The first-order chi connectivity index (χ1) is 6.96. The number of alkyl halides is 3. The van der Waals surface area contributed by atoms with Crippen molar-refractivity contribution >= 4 is 5.69 Å². The molecule has 1 aromatic carbocycles. The molecule has 1 N–H and O–H groups in total. The van der Waals surface area contributed by atoms with Crippen LogP contribution >= 0.6 is 0 Å². The number of hydrogen-bond acceptors (Lipinski definition) is 1. The van der Waals surface area contributed by atoms with Gasteiger partial charge in [0.1, 0.15) is 0 Å². The van der Waals surface area contributed by atoms with Crippen molar-refractivity contribution < 1.29 is 17.6 Å². The summed E-state index contributed by atoms with van der Waals surface area (Å²) < 4.78 is 50.0. The number of hydrogen-bond donors (Lipinski definition) is 1. The Morgan fingerprint density at radius 2 is 2.00 bits per heavy atom. The highest BCUT2D eigenvalue weighted by molar-refractivity contribution is 5.49. The van der Waals surface area contributed by atoms with E-state index in [1.54, 1.807) is 0 Å². The molecule has 0 radical (unpaired) electrons. The standard InChI is InChI=1S/C10H7F4N/c1-2-6-15-8-5-3-4-7(9(8)11)10(12,13)14/h1,3-5,15H,6H2. The van der Waals surface area contributed by atoms with Gasteiger partial charge in [0.15, 0.2) is 5.82 Å². The third-order valence-electron chi connectivity index (χ3n) is 1.69. The molecular weight excluding hydrogens is 210 g/mol. The summed E-state index contributed by atoms with van der Waals surface area (Å²) in [6.45, 7) is -0.0295. The summed E-state index contributed by atoms with van der Waals surface area (Å²) in [4.78, 5) is 0. The van der Waals surface area contributed by atoms with Crippen LogP contribution in [0.2, 0.25) is 0 Å². The van der Waals surface area contributed by atoms with Gasteiger partial charge in [-0.25, -0.2) is 4.39 Å². The second-order valence-electron chi connectivity index (χ2n) is 2.72. The van der Waals surface area contributed by atoms with Gasteiger partial charge in [0.2, 0.25) is 0 Å². The van der Waals surface area contributed by atoms with Crippen LogP contribution < -0.4 is 5.32 Å². The van der Waals surface area contributed by atoms with E-state index in [9.17, 15) is 17.6 Å². The van der Waals surface area contributed by atoms with Gasteiger partial charge in [0.25, 0.3) is 0 Å². The van der Waals surface area contributed by atoms with E-state index < -0.39 is 17.6 Å². The van der Waals surface area contributed by atoms with E-state index in [-0.39, 0.29) is 12.2 Å². The van der Waals surface area contributed by atoms with Crippen molar-refractivity contribution in [3.8, 4) is 12.3 Å². The van der Waals surface area contributed by atoms with Gasteiger partial charge < -0.3 is 5.32 Å². The van der Waals surface area contributed by atoms with Crippen molar-refractivity contribution in [1.29, 1.82) is 0 Å². The van der Waals surface area contributed by atoms with Crippen LogP contribution in [0.3, 0.4) is 0 Å². The van der Waals surface area contributed by atoms with Crippen molar-refractivity contribution in [2.45, 2.75) is 6.18 Å². The van der Waals surface area contributed by atoms with E-state index in [2.05, 4.69) is 11.2 Å². The number of anilines is 1. The van der Waals surface area contributed by atoms with Gasteiger partial charge in [-0.1, -0.05) is 12.0 Å². The summed E-state index contributed by atoms with van der Waals surface area (Å²) >= 11 is 0. The highest BCUT2D eigenvalue weighted by Crippen LogP contribution is 2.33. The minimum atomic E-state index is -4.70. The van der Waals surface area contributed by atoms with Crippen LogP contribution in [0.4, 0.5) is 23.2 Å². The van der Waals surface area contributed by atoms with Crippen LogP contribution in [0.1, 0.15) is 5.56 Å². The Balaban J connectivity index is 3.07. The van der Waals surface area contributed by atoms with Crippen LogP contribution in [-0.4, -0.2) is 6.54 Å². The third-order valence-corrected chi connectivity index (χ3v) is 1.69. The minimum Gasteiger partial charge on any atom is -0.372 e. The zero-order valence-electron chi connectivity index (χ0n) is 7.53. The number of benzene rings is 1. The quantitative estimate of drug-likeness (QED) is 0.593. The van der Waals surface area contributed by atoms with E-state index in [0.29, 0.717) is 6.07 Å². The summed E-state index contributed by atoms with van der Waals surface area (Å²) in [6.07, 6.45) is 0.197. The first kappa shape index (κ1) is 11.4. The number of terminal acetylenes is 1. The van der Waals surface area contributed by atoms with Gasteiger partial charge >= 0.3 is 6.18 Å². The lowest BCUT2D eigenvalue weighted by atomic mass is 10.2. The first-order valence-corrected chi connectivity index (χ1v) is 4.00. The predicted octanol–water partition coefficient (Wildman–Crippen LogP) is 2.89. The number of nitrogens with one attached hydrogen (secondary N) is 1. The van der Waals surface area contributed by atoms with E-state index in [4.69, 9.17) is 6.42 Å². The molecule has 0 heterocycles. The summed E-state index contributed by atoms with van der Waals surface area (Å²) in [6, 6.07) is 2.99. The van der Waals surface area contributed by atoms with Gasteiger partial charge in [0, 0.05) is 0 Å². The Hall–Kier alpha value is -1.70. The highest BCUT2D eigenvalue weighted by atomic mass is 19.4. The normalized spacial score (nSPS) is 10.9. The Kier molecular flexibility index (Phi) is 3.20. The van der Waals surface area contributed by atoms with Crippen LogP contribution in [0.5, 0.6) is 0 Å². The molecule has 0 bridgehead atoms. The lowest BCUT2D eigenvalue weighted by Crippen LogP contribution is -2.10. The Morgan fingerprint density at radius 1 is 1.33 bits per heavy atom. The Bertz CT molecular complexity index is 389. The first-order valence-electron chi connectivity index (χ1n) is 4.00. The largest absolute Gasteiger partial charge is 0.419 e. The molecule has 0 saturated heterocycles. The fraction of sp³-hybridized carbons (Fsp3) is 0.200. The summed E-state index contributed by atoms with van der Waals surface area (Å²) in [5, 5.41) is 2.36. The predicted molar refractivity (Wildman–Crippen MR) is 48.7 cm³/mol. The van der Waals surface area contributed by atoms with Crippen molar-refractivity contribution in [2.75, 3.05) is 11.9 Å². The minimum absolute atomic E-state index is 0.0295. The lowest BCUT2D eigenvalue weighted by Gasteiger charge is -2.11. The Morgan fingerprint density at radius 3 is 2.53 bits per heavy atom. The monoisotopic (exact) mass is 217 g/mol. The third kappa shape index (κ3) is 2.62. The van der Waals surface area contributed by atoms with Crippen LogP contribution in [0, 0.1) is 18.2 Å². The average molecular weight is 217 g/mol. The van der Waals surface area contributed by atoms with Gasteiger partial charge in [0.05, 0.1) is 17.8 Å². The number of rotatable bonds is 2. The van der Waals surface area contributed by atoms with Gasteiger partial charge in [-0.3, -0.25) is 0 Å². The average Bonchev–Trinajstić information content (AvgIpc) is 2.14. The fourth-order valence-corrected chi connectivity index (χ4v) is 1.03. The van der Waals surface area contributed by atoms with Crippen molar-refractivity contribution in [1.82, 2.24) is 0 Å². The van der Waals surface area contributed by atoms with Crippen LogP contribution in [0.15, 0.2) is 18.2 Å². The molecule has 0 aliphatic rings. The zero-order valence-corrected chi connectivity index (χ0v) is 7.53. The molecule has 0 atom stereocenters. The SMILES string of the molecule is C#CCNc1cccc(C(F)(F)F)c1F. The maximum atomic E-state index is 13.2. The Labute approximate surface area is 84.1 Å². The van der Waals surface area contributed by atoms with Crippen LogP contribution in [0.25, 0.3) is 0 Å². The molecule has 0 amide bonds. The molecule has 0 aromatic heterocycles. The molecule has 0 aliphatic carbocycles. The summed E-state index contributed by atoms with van der Waals surface area (Å²) in [5.41, 5.74) is -1.55. The van der Waals surface area contributed by atoms with Crippen molar-refractivity contribution in [3.05, 3.63) is 29.6 Å². The molecule has 0 aliphatic heterocycles. The maximum Gasteiger partial charge on any atom is 0.419 e. The van der Waals surface area contributed by atoms with Gasteiger partial charge in [-0.05, 0) is 12.1 Å². The molecule has 1 nitrogen and oxygen atoms in total. The molecule has 0 spiro atoms.